The van der Waals surface area contributed by atoms with Gasteiger partial charge in [0.2, 0.25) is 11.8 Å². The number of likely N-dealkylation sites (N-methyl/N-ethyl adjacent to an activating group) is 1. The van der Waals surface area contributed by atoms with Crippen LogP contribution >= 0.6 is 0 Å². The Morgan fingerprint density at radius 1 is 1.11 bits per heavy atom. The number of nitrogens with zero attached hydrogens (tertiary/aromatic N) is 1. The number of anilines is 1. The predicted octanol–water partition coefficient (Wildman–Crippen LogP) is 2.75. The highest BCUT2D eigenvalue weighted by atomic mass is 16.5. The highest BCUT2D eigenvalue weighted by Crippen LogP contribution is 2.28. The van der Waals surface area contributed by atoms with E-state index in [9.17, 15) is 14.4 Å². The minimum Gasteiger partial charge on any atom is -0.494 e. The molecule has 3 rings (SSSR count). The van der Waals surface area contributed by atoms with E-state index in [0.29, 0.717) is 38.0 Å². The van der Waals surface area contributed by atoms with Crippen LogP contribution in [0.4, 0.5) is 5.69 Å². The summed E-state index contributed by atoms with van der Waals surface area (Å²) >= 11 is 0. The lowest BCUT2D eigenvalue weighted by Gasteiger charge is -2.10. The number of rotatable bonds is 9. The van der Waals surface area contributed by atoms with E-state index in [2.05, 4.69) is 5.32 Å². The van der Waals surface area contributed by atoms with Crippen LogP contribution in [0.25, 0.3) is 0 Å². The van der Waals surface area contributed by atoms with E-state index in [0.717, 1.165) is 17.0 Å². The Morgan fingerprint density at radius 2 is 1.89 bits per heavy atom. The standard InChI is InChI=1S/C22H24N2O4/c1-24-19-10-9-16(14-17(19)15-22(24)27)20(25)11-12-23-21(26)8-5-13-28-18-6-3-2-4-7-18/h2-4,6-7,9-10,14H,5,8,11-13,15H2,1H3,(H,23,26). The molecule has 1 aliphatic rings. The number of carbonyl (C=O) groups excluding carboxylic acids is 3. The van der Waals surface area contributed by atoms with Crippen molar-refractivity contribution in [2.24, 2.45) is 0 Å². The first-order valence-electron chi connectivity index (χ1n) is 9.42. The predicted molar refractivity (Wildman–Crippen MR) is 107 cm³/mol. The zero-order valence-corrected chi connectivity index (χ0v) is 15.9. The van der Waals surface area contributed by atoms with Gasteiger partial charge in [0.15, 0.2) is 5.78 Å². The zero-order valence-electron chi connectivity index (χ0n) is 15.9. The van der Waals surface area contributed by atoms with E-state index < -0.39 is 0 Å². The maximum Gasteiger partial charge on any atom is 0.231 e. The molecule has 0 radical (unpaired) electrons. The second-order valence-electron chi connectivity index (χ2n) is 6.76. The number of hydrogen-bond donors (Lipinski definition) is 1. The molecular weight excluding hydrogens is 356 g/mol. The van der Waals surface area contributed by atoms with Gasteiger partial charge in [0.05, 0.1) is 13.0 Å². The van der Waals surface area contributed by atoms with Gasteiger partial charge >= 0.3 is 0 Å². The van der Waals surface area contributed by atoms with Crippen LogP contribution in [-0.2, 0) is 16.0 Å². The van der Waals surface area contributed by atoms with Crippen LogP contribution in [0.3, 0.4) is 0 Å². The van der Waals surface area contributed by atoms with Gasteiger partial charge in [-0.05, 0) is 42.3 Å². The Bertz CT molecular complexity index is 864. The second kappa shape index (κ2) is 9.17. The summed E-state index contributed by atoms with van der Waals surface area (Å²) in [5.74, 6) is 0.682. The normalized spacial score (nSPS) is 12.6. The molecule has 1 heterocycles. The van der Waals surface area contributed by atoms with Gasteiger partial charge in [-0.2, -0.15) is 0 Å². The Balaban J connectivity index is 1.35. The molecule has 0 saturated carbocycles. The van der Waals surface area contributed by atoms with Crippen molar-refractivity contribution in [3.8, 4) is 5.75 Å². The van der Waals surface area contributed by atoms with Crippen LogP contribution in [0.1, 0.15) is 35.2 Å². The lowest BCUT2D eigenvalue weighted by atomic mass is 10.0. The molecule has 0 aromatic heterocycles. The largest absolute Gasteiger partial charge is 0.494 e. The van der Waals surface area contributed by atoms with Gasteiger partial charge in [0.1, 0.15) is 5.75 Å². The summed E-state index contributed by atoms with van der Waals surface area (Å²) in [5.41, 5.74) is 2.31. The molecule has 1 aliphatic heterocycles. The summed E-state index contributed by atoms with van der Waals surface area (Å²) in [7, 11) is 1.73. The Hall–Kier alpha value is -3.15. The molecule has 0 saturated heterocycles. The Labute approximate surface area is 164 Å². The third-order valence-corrected chi connectivity index (χ3v) is 4.71. The lowest BCUT2D eigenvalue weighted by Crippen LogP contribution is -2.26. The van der Waals surface area contributed by atoms with Crippen molar-refractivity contribution in [3.63, 3.8) is 0 Å². The van der Waals surface area contributed by atoms with E-state index in [1.54, 1.807) is 30.1 Å². The van der Waals surface area contributed by atoms with E-state index >= 15 is 0 Å². The molecule has 2 aromatic rings. The molecule has 1 N–H and O–H groups in total. The summed E-state index contributed by atoms with van der Waals surface area (Å²) in [6, 6.07) is 14.8. The third-order valence-electron chi connectivity index (χ3n) is 4.71. The molecule has 0 spiro atoms. The number of carbonyl (C=O) groups is 3. The third kappa shape index (κ3) is 4.97. The molecule has 28 heavy (non-hydrogen) atoms. The van der Waals surface area contributed by atoms with Gasteiger partial charge in [-0.25, -0.2) is 0 Å². The van der Waals surface area contributed by atoms with Crippen molar-refractivity contribution in [2.45, 2.75) is 25.7 Å². The average molecular weight is 380 g/mol. The molecule has 2 aromatic carbocycles. The first kappa shape index (κ1) is 19.6. The first-order valence-corrected chi connectivity index (χ1v) is 9.42. The fraction of sp³-hybridized carbons (Fsp3) is 0.318. The molecule has 2 amide bonds. The van der Waals surface area contributed by atoms with Crippen LogP contribution in [-0.4, -0.2) is 37.8 Å². The zero-order chi connectivity index (χ0) is 19.9. The van der Waals surface area contributed by atoms with E-state index in [4.69, 9.17) is 4.74 Å². The van der Waals surface area contributed by atoms with E-state index in [1.807, 2.05) is 30.3 Å². The molecular formula is C22H24N2O4. The fourth-order valence-corrected chi connectivity index (χ4v) is 3.13. The molecule has 6 nitrogen and oxygen atoms in total. The maximum absolute atomic E-state index is 12.3. The monoisotopic (exact) mass is 380 g/mol. The number of nitrogens with one attached hydrogen (secondary N) is 1. The van der Waals surface area contributed by atoms with Crippen molar-refractivity contribution in [3.05, 3.63) is 59.7 Å². The van der Waals surface area contributed by atoms with Crippen LogP contribution in [0.5, 0.6) is 5.75 Å². The summed E-state index contributed by atoms with van der Waals surface area (Å²) in [6.07, 6.45) is 1.53. The second-order valence-corrected chi connectivity index (χ2v) is 6.76. The quantitative estimate of drug-likeness (QED) is 0.536. The first-order chi connectivity index (χ1) is 13.5. The van der Waals surface area contributed by atoms with Crippen molar-refractivity contribution in [1.29, 1.82) is 0 Å². The van der Waals surface area contributed by atoms with Gasteiger partial charge in [-0.3, -0.25) is 14.4 Å². The molecule has 0 unspecified atom stereocenters. The Morgan fingerprint density at radius 3 is 2.68 bits per heavy atom. The number of para-hydroxylation sites is 1. The van der Waals surface area contributed by atoms with Gasteiger partial charge in [0, 0.05) is 37.7 Å². The van der Waals surface area contributed by atoms with Crippen LogP contribution < -0.4 is 15.0 Å². The molecule has 146 valence electrons. The van der Waals surface area contributed by atoms with Crippen LogP contribution in [0, 0.1) is 0 Å². The summed E-state index contributed by atoms with van der Waals surface area (Å²) < 4.78 is 5.55. The van der Waals surface area contributed by atoms with Gasteiger partial charge in [0.25, 0.3) is 0 Å². The number of benzene rings is 2. The number of ether oxygens (including phenoxy) is 1. The molecule has 6 heteroatoms. The maximum atomic E-state index is 12.3. The lowest BCUT2D eigenvalue weighted by molar-refractivity contribution is -0.121. The average Bonchev–Trinajstić information content (AvgIpc) is 2.99. The van der Waals surface area contributed by atoms with Crippen molar-refractivity contribution in [1.82, 2.24) is 5.32 Å². The highest BCUT2D eigenvalue weighted by molar-refractivity contribution is 6.03. The smallest absolute Gasteiger partial charge is 0.231 e. The number of amides is 2. The van der Waals surface area contributed by atoms with E-state index in [-0.39, 0.29) is 24.0 Å². The summed E-state index contributed by atoms with van der Waals surface area (Å²) in [4.78, 5) is 37.5. The Kier molecular flexibility index (Phi) is 6.42. The minimum absolute atomic E-state index is 0.0307. The summed E-state index contributed by atoms with van der Waals surface area (Å²) in [6.45, 7) is 0.770. The topological polar surface area (TPSA) is 75.7 Å². The van der Waals surface area contributed by atoms with Gasteiger partial charge in [-0.15, -0.1) is 0 Å². The van der Waals surface area contributed by atoms with Crippen molar-refractivity contribution < 1.29 is 19.1 Å². The van der Waals surface area contributed by atoms with Crippen LogP contribution in [0.2, 0.25) is 0 Å². The van der Waals surface area contributed by atoms with Gasteiger partial charge < -0.3 is 15.0 Å². The summed E-state index contributed by atoms with van der Waals surface area (Å²) in [5, 5.41) is 2.77. The number of ketones is 1. The van der Waals surface area contributed by atoms with E-state index in [1.165, 1.54) is 0 Å². The molecule has 0 fully saturated rings. The molecule has 0 atom stereocenters. The molecule has 0 aliphatic carbocycles. The van der Waals surface area contributed by atoms with Gasteiger partial charge in [-0.1, -0.05) is 18.2 Å². The van der Waals surface area contributed by atoms with Crippen molar-refractivity contribution >= 4 is 23.3 Å². The number of hydrogen-bond acceptors (Lipinski definition) is 4. The highest BCUT2D eigenvalue weighted by Gasteiger charge is 2.24. The minimum atomic E-state index is -0.0920. The fourth-order valence-electron chi connectivity index (χ4n) is 3.13. The van der Waals surface area contributed by atoms with Crippen LogP contribution in [0.15, 0.2) is 48.5 Å². The molecule has 0 bridgehead atoms. The number of Topliss-reactive ketones (excluding diaryl/α,β-unsaturated/α-hetero) is 1. The number of fused-ring (bicyclic) bond motifs is 1. The SMILES string of the molecule is CN1C(=O)Cc2cc(C(=O)CCNC(=O)CCCOc3ccccc3)ccc21. The van der Waals surface area contributed by atoms with Crippen molar-refractivity contribution in [2.75, 3.05) is 25.1 Å².